The van der Waals surface area contributed by atoms with Gasteiger partial charge in [-0.3, -0.25) is 0 Å². The minimum Gasteiger partial charge on any atom is -0.385 e. The Morgan fingerprint density at radius 3 is 2.71 bits per heavy atom. The first-order valence-electron chi connectivity index (χ1n) is 8.62. The first-order valence-corrected chi connectivity index (χ1v) is 8.62. The molecule has 2 heteroatoms. The largest absolute Gasteiger partial charge is 0.385 e. The van der Waals surface area contributed by atoms with Crippen molar-refractivity contribution in [3.63, 3.8) is 0 Å². The second-order valence-corrected chi connectivity index (χ2v) is 6.38. The van der Waals surface area contributed by atoms with Gasteiger partial charge in [0.15, 0.2) is 0 Å². The molecule has 1 aromatic carbocycles. The molecule has 0 saturated heterocycles. The van der Waals surface area contributed by atoms with Crippen LogP contribution in [0.3, 0.4) is 0 Å². The Kier molecular flexibility index (Phi) is 7.25. The van der Waals surface area contributed by atoms with E-state index in [0.717, 1.165) is 25.0 Å². The van der Waals surface area contributed by atoms with Crippen molar-refractivity contribution < 1.29 is 4.74 Å². The minimum absolute atomic E-state index is 0.710. The second kappa shape index (κ2) is 9.22. The van der Waals surface area contributed by atoms with Crippen LogP contribution in [0.4, 0.5) is 0 Å². The average Bonchev–Trinajstić information content (AvgIpc) is 2.54. The molecule has 1 N–H and O–H groups in total. The van der Waals surface area contributed by atoms with E-state index in [1.807, 2.05) is 0 Å². The Bertz CT molecular complexity index is 378. The first-order chi connectivity index (χ1) is 10.3. The Labute approximate surface area is 130 Å². The van der Waals surface area contributed by atoms with Crippen LogP contribution in [-0.2, 0) is 4.74 Å². The molecule has 21 heavy (non-hydrogen) atoms. The summed E-state index contributed by atoms with van der Waals surface area (Å²) in [6.45, 7) is 4.30. The van der Waals surface area contributed by atoms with Crippen LogP contribution in [0.15, 0.2) is 30.3 Å². The molecule has 3 atom stereocenters. The van der Waals surface area contributed by atoms with E-state index in [1.54, 1.807) is 7.11 Å². The summed E-state index contributed by atoms with van der Waals surface area (Å²) in [5, 5.41) is 3.78. The molecular weight excluding hydrogens is 258 g/mol. The molecule has 0 bridgehead atoms. The standard InChI is InChI=1S/C19H31NO/c1-3-13-20-19-12-11-17(16-8-5-4-6-9-16)15-18(19)10-7-14-21-2/h4-6,8-9,17-20H,3,7,10-15H2,1-2H3. The van der Waals surface area contributed by atoms with Crippen molar-refractivity contribution in [1.29, 1.82) is 0 Å². The lowest BCUT2D eigenvalue weighted by molar-refractivity contribution is 0.167. The van der Waals surface area contributed by atoms with Gasteiger partial charge in [0.05, 0.1) is 0 Å². The summed E-state index contributed by atoms with van der Waals surface area (Å²) in [4.78, 5) is 0. The molecule has 1 fully saturated rings. The lowest BCUT2D eigenvalue weighted by Gasteiger charge is -2.37. The van der Waals surface area contributed by atoms with Gasteiger partial charge in [0.25, 0.3) is 0 Å². The summed E-state index contributed by atoms with van der Waals surface area (Å²) in [5.41, 5.74) is 1.53. The first kappa shape index (κ1) is 16.5. The van der Waals surface area contributed by atoms with E-state index in [1.165, 1.54) is 44.1 Å². The maximum Gasteiger partial charge on any atom is 0.0462 e. The lowest BCUT2D eigenvalue weighted by atomic mass is 9.73. The van der Waals surface area contributed by atoms with E-state index in [2.05, 4.69) is 42.6 Å². The average molecular weight is 289 g/mol. The third kappa shape index (κ3) is 5.12. The molecule has 0 amide bonds. The summed E-state index contributed by atoms with van der Waals surface area (Å²) < 4.78 is 5.24. The highest BCUT2D eigenvalue weighted by Crippen LogP contribution is 2.38. The van der Waals surface area contributed by atoms with Crippen molar-refractivity contribution in [2.75, 3.05) is 20.3 Å². The maximum atomic E-state index is 5.24. The van der Waals surface area contributed by atoms with E-state index < -0.39 is 0 Å². The van der Waals surface area contributed by atoms with E-state index in [0.29, 0.717) is 6.04 Å². The van der Waals surface area contributed by atoms with Gasteiger partial charge in [-0.1, -0.05) is 37.3 Å². The molecule has 1 aromatic rings. The molecule has 2 nitrogen and oxygen atoms in total. The zero-order valence-corrected chi connectivity index (χ0v) is 13.7. The number of rotatable bonds is 8. The maximum absolute atomic E-state index is 5.24. The topological polar surface area (TPSA) is 21.3 Å². The lowest BCUT2D eigenvalue weighted by Crippen LogP contribution is -2.40. The summed E-state index contributed by atoms with van der Waals surface area (Å²) in [5.74, 6) is 1.55. The SMILES string of the molecule is CCCNC1CCC(c2ccccc2)CC1CCCOC. The fourth-order valence-electron chi connectivity index (χ4n) is 3.70. The predicted octanol–water partition coefficient (Wildman–Crippen LogP) is 4.37. The molecule has 0 aromatic heterocycles. The Balaban J connectivity index is 1.94. The van der Waals surface area contributed by atoms with Gasteiger partial charge in [-0.2, -0.15) is 0 Å². The summed E-state index contributed by atoms with van der Waals surface area (Å²) in [6.07, 6.45) is 7.67. The zero-order valence-electron chi connectivity index (χ0n) is 13.7. The van der Waals surface area contributed by atoms with Crippen molar-refractivity contribution >= 4 is 0 Å². The molecule has 3 unspecified atom stereocenters. The van der Waals surface area contributed by atoms with E-state index in [-0.39, 0.29) is 0 Å². The highest BCUT2D eigenvalue weighted by molar-refractivity contribution is 5.20. The third-order valence-corrected chi connectivity index (χ3v) is 4.83. The molecule has 0 heterocycles. The van der Waals surface area contributed by atoms with Crippen molar-refractivity contribution in [1.82, 2.24) is 5.32 Å². The van der Waals surface area contributed by atoms with Crippen molar-refractivity contribution in [2.24, 2.45) is 5.92 Å². The van der Waals surface area contributed by atoms with Crippen molar-refractivity contribution in [2.45, 2.75) is 57.4 Å². The smallest absolute Gasteiger partial charge is 0.0462 e. The predicted molar refractivity (Wildman–Crippen MR) is 89.7 cm³/mol. The van der Waals surface area contributed by atoms with Gasteiger partial charge in [0.2, 0.25) is 0 Å². The quantitative estimate of drug-likeness (QED) is 0.718. The molecule has 1 aliphatic rings. The Morgan fingerprint density at radius 1 is 1.19 bits per heavy atom. The van der Waals surface area contributed by atoms with E-state index >= 15 is 0 Å². The molecule has 0 spiro atoms. The van der Waals surface area contributed by atoms with Gasteiger partial charge in [-0.25, -0.2) is 0 Å². The number of methoxy groups -OCH3 is 1. The van der Waals surface area contributed by atoms with Crippen LogP contribution in [0.5, 0.6) is 0 Å². The number of ether oxygens (including phenoxy) is 1. The molecule has 118 valence electrons. The Morgan fingerprint density at radius 2 is 2.00 bits per heavy atom. The van der Waals surface area contributed by atoms with E-state index in [9.17, 15) is 0 Å². The molecule has 1 saturated carbocycles. The van der Waals surface area contributed by atoms with E-state index in [4.69, 9.17) is 4.74 Å². The zero-order chi connectivity index (χ0) is 14.9. The normalized spacial score (nSPS) is 25.9. The van der Waals surface area contributed by atoms with Gasteiger partial charge in [-0.15, -0.1) is 0 Å². The van der Waals surface area contributed by atoms with Crippen LogP contribution < -0.4 is 5.32 Å². The number of hydrogen-bond acceptors (Lipinski definition) is 2. The monoisotopic (exact) mass is 289 g/mol. The Hall–Kier alpha value is -0.860. The fraction of sp³-hybridized carbons (Fsp3) is 0.684. The van der Waals surface area contributed by atoms with Gasteiger partial charge < -0.3 is 10.1 Å². The molecule has 1 aliphatic carbocycles. The molecule has 2 rings (SSSR count). The summed E-state index contributed by atoms with van der Waals surface area (Å²) in [7, 11) is 1.81. The van der Waals surface area contributed by atoms with Gasteiger partial charge in [0, 0.05) is 19.8 Å². The van der Waals surface area contributed by atoms with Gasteiger partial charge in [-0.05, 0) is 62.5 Å². The van der Waals surface area contributed by atoms with Crippen LogP contribution in [-0.4, -0.2) is 26.3 Å². The van der Waals surface area contributed by atoms with Crippen LogP contribution >= 0.6 is 0 Å². The number of nitrogens with one attached hydrogen (secondary N) is 1. The van der Waals surface area contributed by atoms with Crippen LogP contribution in [0.2, 0.25) is 0 Å². The van der Waals surface area contributed by atoms with Crippen molar-refractivity contribution in [3.8, 4) is 0 Å². The number of benzene rings is 1. The van der Waals surface area contributed by atoms with Gasteiger partial charge in [0.1, 0.15) is 0 Å². The minimum atomic E-state index is 0.710. The summed E-state index contributed by atoms with van der Waals surface area (Å²) in [6, 6.07) is 11.8. The van der Waals surface area contributed by atoms with Crippen LogP contribution in [0.1, 0.15) is 56.9 Å². The third-order valence-electron chi connectivity index (χ3n) is 4.83. The second-order valence-electron chi connectivity index (χ2n) is 6.38. The molecule has 0 aliphatic heterocycles. The highest BCUT2D eigenvalue weighted by atomic mass is 16.5. The van der Waals surface area contributed by atoms with Gasteiger partial charge >= 0.3 is 0 Å². The number of hydrogen-bond donors (Lipinski definition) is 1. The summed E-state index contributed by atoms with van der Waals surface area (Å²) >= 11 is 0. The van der Waals surface area contributed by atoms with Crippen molar-refractivity contribution in [3.05, 3.63) is 35.9 Å². The molecule has 0 radical (unpaired) electrons. The van der Waals surface area contributed by atoms with Crippen LogP contribution in [0.25, 0.3) is 0 Å². The fourth-order valence-corrected chi connectivity index (χ4v) is 3.70. The highest BCUT2D eigenvalue weighted by Gasteiger charge is 2.30. The molecular formula is C19H31NO. The van der Waals surface area contributed by atoms with Crippen LogP contribution in [0, 0.1) is 5.92 Å².